The van der Waals surface area contributed by atoms with Crippen LogP contribution in [0.3, 0.4) is 0 Å². The van der Waals surface area contributed by atoms with Gasteiger partial charge in [0.2, 0.25) is 0 Å². The summed E-state index contributed by atoms with van der Waals surface area (Å²) in [7, 11) is -3.76. The first-order valence-electron chi connectivity index (χ1n) is 7.61. The standard InChI is InChI=1S/C15H21FN2O4S/c1-2-22-15(19)14-7-4-10-18(14)23(20,21)17-9-8-12-5-3-6-13(16)11-12/h3,5-6,11,14,17H,2,4,7-10H2,1H3/t14-/m1/s1. The first-order valence-corrected chi connectivity index (χ1v) is 9.05. The Balaban J connectivity index is 1.94. The minimum atomic E-state index is -3.76. The molecular formula is C15H21FN2O4S. The van der Waals surface area contributed by atoms with Crippen molar-refractivity contribution in [2.75, 3.05) is 19.7 Å². The van der Waals surface area contributed by atoms with Gasteiger partial charge in [-0.25, -0.2) is 9.11 Å². The Kier molecular flexibility index (Phi) is 6.09. The Morgan fingerprint density at radius 1 is 1.48 bits per heavy atom. The van der Waals surface area contributed by atoms with Crippen LogP contribution in [-0.4, -0.2) is 44.4 Å². The SMILES string of the molecule is CCOC(=O)[C@H]1CCCN1S(=O)(=O)NCCc1cccc(F)c1. The van der Waals surface area contributed by atoms with E-state index in [1.165, 1.54) is 12.1 Å². The van der Waals surface area contributed by atoms with E-state index >= 15 is 0 Å². The van der Waals surface area contributed by atoms with E-state index in [9.17, 15) is 17.6 Å². The Morgan fingerprint density at radius 2 is 2.26 bits per heavy atom. The van der Waals surface area contributed by atoms with Crippen LogP contribution < -0.4 is 4.72 Å². The third kappa shape index (κ3) is 4.73. The summed E-state index contributed by atoms with van der Waals surface area (Å²) in [4.78, 5) is 11.8. The molecule has 0 saturated carbocycles. The molecule has 1 atom stereocenters. The van der Waals surface area contributed by atoms with Crippen LogP contribution >= 0.6 is 0 Å². The Morgan fingerprint density at radius 3 is 2.96 bits per heavy atom. The lowest BCUT2D eigenvalue weighted by molar-refractivity contribution is -0.146. The molecule has 8 heteroatoms. The average Bonchev–Trinajstić information content (AvgIpc) is 2.98. The van der Waals surface area contributed by atoms with Gasteiger partial charge in [-0.3, -0.25) is 4.79 Å². The molecule has 0 aliphatic carbocycles. The van der Waals surface area contributed by atoms with E-state index in [1.54, 1.807) is 19.1 Å². The van der Waals surface area contributed by atoms with Crippen LogP contribution in [0.5, 0.6) is 0 Å². The maximum Gasteiger partial charge on any atom is 0.324 e. The molecule has 0 bridgehead atoms. The van der Waals surface area contributed by atoms with Gasteiger partial charge in [0, 0.05) is 13.1 Å². The predicted molar refractivity (Wildman–Crippen MR) is 83.4 cm³/mol. The summed E-state index contributed by atoms with van der Waals surface area (Å²) < 4.78 is 46.3. The van der Waals surface area contributed by atoms with Gasteiger partial charge < -0.3 is 4.74 Å². The number of carbonyl (C=O) groups excluding carboxylic acids is 1. The highest BCUT2D eigenvalue weighted by Gasteiger charge is 2.39. The first kappa shape index (κ1) is 17.8. The van der Waals surface area contributed by atoms with Gasteiger partial charge in [0.15, 0.2) is 0 Å². The van der Waals surface area contributed by atoms with Crippen molar-refractivity contribution in [3.8, 4) is 0 Å². The molecule has 2 rings (SSSR count). The van der Waals surface area contributed by atoms with Gasteiger partial charge in [-0.2, -0.15) is 12.7 Å². The third-order valence-corrected chi connectivity index (χ3v) is 5.28. The second-order valence-corrected chi connectivity index (χ2v) is 7.01. The summed E-state index contributed by atoms with van der Waals surface area (Å²) in [6.07, 6.45) is 1.45. The normalized spacial score (nSPS) is 19.0. The molecule has 1 aromatic carbocycles. The average molecular weight is 344 g/mol. The molecular weight excluding hydrogens is 323 g/mol. The van der Waals surface area contributed by atoms with E-state index < -0.39 is 22.2 Å². The van der Waals surface area contributed by atoms with Crippen molar-refractivity contribution >= 4 is 16.2 Å². The zero-order valence-electron chi connectivity index (χ0n) is 13.0. The van der Waals surface area contributed by atoms with E-state index in [2.05, 4.69) is 4.72 Å². The zero-order valence-corrected chi connectivity index (χ0v) is 13.8. The van der Waals surface area contributed by atoms with Crippen LogP contribution in [0.2, 0.25) is 0 Å². The number of hydrogen-bond acceptors (Lipinski definition) is 4. The monoisotopic (exact) mass is 344 g/mol. The van der Waals surface area contributed by atoms with Gasteiger partial charge in [-0.15, -0.1) is 0 Å². The Labute approximate surface area is 135 Å². The first-order chi connectivity index (χ1) is 10.9. The van der Waals surface area contributed by atoms with Gasteiger partial charge in [0.1, 0.15) is 11.9 Å². The number of benzene rings is 1. The lowest BCUT2D eigenvalue weighted by atomic mass is 10.1. The molecule has 0 unspecified atom stereocenters. The van der Waals surface area contributed by atoms with Crippen LogP contribution in [-0.2, 0) is 26.2 Å². The highest BCUT2D eigenvalue weighted by atomic mass is 32.2. The van der Waals surface area contributed by atoms with Gasteiger partial charge in [-0.05, 0) is 43.9 Å². The van der Waals surface area contributed by atoms with Gasteiger partial charge in [0.25, 0.3) is 10.2 Å². The smallest absolute Gasteiger partial charge is 0.324 e. The van der Waals surface area contributed by atoms with Crippen molar-refractivity contribution in [1.82, 2.24) is 9.03 Å². The summed E-state index contributed by atoms with van der Waals surface area (Å²) in [5.41, 5.74) is 0.705. The largest absolute Gasteiger partial charge is 0.465 e. The lowest BCUT2D eigenvalue weighted by Gasteiger charge is -2.22. The number of hydrogen-bond donors (Lipinski definition) is 1. The Hall–Kier alpha value is -1.51. The van der Waals surface area contributed by atoms with Crippen molar-refractivity contribution in [3.05, 3.63) is 35.6 Å². The van der Waals surface area contributed by atoms with E-state index in [1.807, 2.05) is 0 Å². The fourth-order valence-electron chi connectivity index (χ4n) is 2.60. The van der Waals surface area contributed by atoms with Crippen molar-refractivity contribution in [2.45, 2.75) is 32.2 Å². The predicted octanol–water partition coefficient (Wildman–Crippen LogP) is 1.23. The molecule has 0 aromatic heterocycles. The van der Waals surface area contributed by atoms with Crippen LogP contribution in [0.1, 0.15) is 25.3 Å². The second kappa shape index (κ2) is 7.85. The minimum absolute atomic E-state index is 0.137. The lowest BCUT2D eigenvalue weighted by Crippen LogP contribution is -2.47. The van der Waals surface area contributed by atoms with Gasteiger partial charge in [-0.1, -0.05) is 12.1 Å². The number of esters is 1. The van der Waals surface area contributed by atoms with Crippen LogP contribution in [0.15, 0.2) is 24.3 Å². The molecule has 1 heterocycles. The minimum Gasteiger partial charge on any atom is -0.465 e. The van der Waals surface area contributed by atoms with E-state index in [4.69, 9.17) is 4.74 Å². The number of nitrogens with one attached hydrogen (secondary N) is 1. The number of rotatable bonds is 7. The molecule has 1 aliphatic heterocycles. The zero-order chi connectivity index (χ0) is 16.9. The molecule has 23 heavy (non-hydrogen) atoms. The van der Waals surface area contributed by atoms with Crippen LogP contribution in [0, 0.1) is 5.82 Å². The van der Waals surface area contributed by atoms with Crippen LogP contribution in [0.25, 0.3) is 0 Å². The molecule has 1 aromatic rings. The number of carbonyl (C=O) groups is 1. The van der Waals surface area contributed by atoms with E-state index in [0.29, 0.717) is 31.4 Å². The highest BCUT2D eigenvalue weighted by Crippen LogP contribution is 2.21. The molecule has 1 N–H and O–H groups in total. The Bertz CT molecular complexity index is 651. The summed E-state index contributed by atoms with van der Waals surface area (Å²) in [6, 6.07) is 5.25. The number of ether oxygens (including phenoxy) is 1. The number of nitrogens with zero attached hydrogens (tertiary/aromatic N) is 1. The van der Waals surface area contributed by atoms with Gasteiger partial charge in [0.05, 0.1) is 6.61 Å². The summed E-state index contributed by atoms with van der Waals surface area (Å²) in [6.45, 7) is 2.33. The molecule has 1 aliphatic rings. The summed E-state index contributed by atoms with van der Waals surface area (Å²) in [5, 5.41) is 0. The van der Waals surface area contributed by atoms with E-state index in [0.717, 1.165) is 4.31 Å². The number of halogens is 1. The van der Waals surface area contributed by atoms with Crippen molar-refractivity contribution in [1.29, 1.82) is 0 Å². The summed E-state index contributed by atoms with van der Waals surface area (Å²) in [5.74, 6) is -0.868. The quantitative estimate of drug-likeness (QED) is 0.755. The molecule has 6 nitrogen and oxygen atoms in total. The van der Waals surface area contributed by atoms with Crippen molar-refractivity contribution in [3.63, 3.8) is 0 Å². The maximum atomic E-state index is 13.1. The van der Waals surface area contributed by atoms with Gasteiger partial charge >= 0.3 is 5.97 Å². The van der Waals surface area contributed by atoms with Crippen molar-refractivity contribution in [2.24, 2.45) is 0 Å². The van der Waals surface area contributed by atoms with Crippen LogP contribution in [0.4, 0.5) is 4.39 Å². The molecule has 128 valence electrons. The fourth-order valence-corrected chi connectivity index (χ4v) is 4.02. The second-order valence-electron chi connectivity index (χ2n) is 5.30. The fraction of sp³-hybridized carbons (Fsp3) is 0.533. The maximum absolute atomic E-state index is 13.1. The molecule has 0 radical (unpaired) electrons. The van der Waals surface area contributed by atoms with Crippen molar-refractivity contribution < 1.29 is 22.3 Å². The molecule has 0 amide bonds. The summed E-state index contributed by atoms with van der Waals surface area (Å²) >= 11 is 0. The third-order valence-electron chi connectivity index (χ3n) is 3.66. The molecule has 1 saturated heterocycles. The topological polar surface area (TPSA) is 75.7 Å². The highest BCUT2D eigenvalue weighted by molar-refractivity contribution is 7.87. The van der Waals surface area contributed by atoms with E-state index in [-0.39, 0.29) is 19.0 Å². The molecule has 0 spiro atoms. The molecule has 1 fully saturated rings.